The second kappa shape index (κ2) is 9.65. The van der Waals surface area contributed by atoms with Gasteiger partial charge in [0.1, 0.15) is 11.4 Å². The van der Waals surface area contributed by atoms with Gasteiger partial charge in [-0.2, -0.15) is 4.98 Å². The molecule has 0 aliphatic carbocycles. The Kier molecular flexibility index (Phi) is 6.35. The van der Waals surface area contributed by atoms with E-state index in [1.807, 2.05) is 0 Å². The number of nitrogens with one attached hydrogen (secondary N) is 1. The van der Waals surface area contributed by atoms with Gasteiger partial charge in [-0.15, -0.1) is 5.10 Å². The number of nitrogen functional groups attached to an aromatic ring is 1. The third kappa shape index (κ3) is 4.82. The van der Waals surface area contributed by atoms with Gasteiger partial charge in [0.25, 0.3) is 17.7 Å². The van der Waals surface area contributed by atoms with Crippen LogP contribution in [0.4, 0.5) is 19.1 Å². The van der Waals surface area contributed by atoms with E-state index in [1.54, 1.807) is 24.4 Å². The highest BCUT2D eigenvalue weighted by Gasteiger charge is 2.41. The van der Waals surface area contributed by atoms with Gasteiger partial charge in [-0.05, 0) is 35.4 Å². The Morgan fingerprint density at radius 2 is 2.03 bits per heavy atom. The monoisotopic (exact) mass is 525 g/mol. The largest absolute Gasteiger partial charge is 0.480 e. The SMILES string of the molecule is COc1ncc(-c2ccn3nc(N)nc3c2)cc1C(=O)NCc1cccc(F)c1C(=O)N1CCC(F)(F)C1. The quantitative estimate of drug-likeness (QED) is 0.396. The Balaban J connectivity index is 1.39. The minimum atomic E-state index is -3.02. The average molecular weight is 525 g/mol. The molecule has 0 bridgehead atoms. The lowest BCUT2D eigenvalue weighted by atomic mass is 10.0. The van der Waals surface area contributed by atoms with Crippen molar-refractivity contribution in [1.29, 1.82) is 0 Å². The number of nitrogens with zero attached hydrogens (tertiary/aromatic N) is 5. The van der Waals surface area contributed by atoms with Gasteiger partial charge in [-0.3, -0.25) is 9.59 Å². The van der Waals surface area contributed by atoms with Crippen LogP contribution in [0.1, 0.15) is 32.7 Å². The number of halogens is 3. The molecule has 0 unspecified atom stereocenters. The van der Waals surface area contributed by atoms with Crippen LogP contribution in [0.15, 0.2) is 48.8 Å². The number of hydrogen-bond acceptors (Lipinski definition) is 7. The Hall–Kier alpha value is -4.68. The molecule has 1 saturated heterocycles. The van der Waals surface area contributed by atoms with Crippen molar-refractivity contribution in [3.8, 4) is 17.0 Å². The van der Waals surface area contributed by atoms with E-state index in [9.17, 15) is 22.8 Å². The van der Waals surface area contributed by atoms with Crippen molar-refractivity contribution >= 4 is 23.4 Å². The standard InChI is InChI=1S/C25H22F3N7O3/c1-38-22-17(9-16(12-31-22)14-5-7-35-19(10-14)32-24(29)33-35)21(36)30-11-15-3-2-4-18(26)20(15)23(37)34-8-6-25(27,28)13-34/h2-5,7,9-10,12H,6,8,11,13H2,1H3,(H2,29,33)(H,30,36). The van der Waals surface area contributed by atoms with Crippen LogP contribution >= 0.6 is 0 Å². The first kappa shape index (κ1) is 25.0. The van der Waals surface area contributed by atoms with E-state index in [-0.39, 0.29) is 41.6 Å². The second-order valence-electron chi connectivity index (χ2n) is 8.76. The van der Waals surface area contributed by atoms with E-state index in [1.165, 1.54) is 30.0 Å². The Morgan fingerprint density at radius 1 is 1.21 bits per heavy atom. The van der Waals surface area contributed by atoms with Gasteiger partial charge >= 0.3 is 0 Å². The molecule has 196 valence electrons. The van der Waals surface area contributed by atoms with Crippen molar-refractivity contribution < 1.29 is 27.5 Å². The molecular formula is C25H22F3N7O3. The number of anilines is 1. The van der Waals surface area contributed by atoms with Gasteiger partial charge in [0, 0.05) is 37.5 Å². The molecular weight excluding hydrogens is 503 g/mol. The van der Waals surface area contributed by atoms with Gasteiger partial charge in [-0.1, -0.05) is 12.1 Å². The summed E-state index contributed by atoms with van der Waals surface area (Å²) in [5.74, 6) is -5.16. The fraction of sp³-hybridized carbons (Fsp3) is 0.240. The second-order valence-corrected chi connectivity index (χ2v) is 8.76. The molecule has 1 aliphatic heterocycles. The van der Waals surface area contributed by atoms with E-state index in [4.69, 9.17) is 10.5 Å². The van der Waals surface area contributed by atoms with E-state index >= 15 is 0 Å². The minimum Gasteiger partial charge on any atom is -0.480 e. The normalized spacial score (nSPS) is 14.6. The molecule has 3 aromatic heterocycles. The van der Waals surface area contributed by atoms with Crippen LogP contribution < -0.4 is 15.8 Å². The van der Waals surface area contributed by atoms with Crippen molar-refractivity contribution in [2.45, 2.75) is 18.9 Å². The third-order valence-corrected chi connectivity index (χ3v) is 6.19. The summed E-state index contributed by atoms with van der Waals surface area (Å²) >= 11 is 0. The Bertz CT molecular complexity index is 1560. The fourth-order valence-electron chi connectivity index (χ4n) is 4.31. The first-order valence-corrected chi connectivity index (χ1v) is 11.5. The number of benzene rings is 1. The number of likely N-dealkylation sites (tertiary alicyclic amines) is 1. The van der Waals surface area contributed by atoms with Crippen molar-refractivity contribution in [3.63, 3.8) is 0 Å². The van der Waals surface area contributed by atoms with Gasteiger partial charge < -0.3 is 20.7 Å². The Morgan fingerprint density at radius 3 is 2.76 bits per heavy atom. The number of methoxy groups -OCH3 is 1. The maximum Gasteiger partial charge on any atom is 0.267 e. The van der Waals surface area contributed by atoms with E-state index in [2.05, 4.69) is 20.4 Å². The Labute approximate surface area is 214 Å². The number of aromatic nitrogens is 4. The summed E-state index contributed by atoms with van der Waals surface area (Å²) in [6, 6.07) is 8.94. The number of carbonyl (C=O) groups is 2. The number of fused-ring (bicyclic) bond motifs is 1. The summed E-state index contributed by atoms with van der Waals surface area (Å²) in [5, 5.41) is 6.67. The number of pyridine rings is 2. The van der Waals surface area contributed by atoms with E-state index in [0.717, 1.165) is 11.0 Å². The van der Waals surface area contributed by atoms with Crippen molar-refractivity contribution in [2.24, 2.45) is 0 Å². The highest BCUT2D eigenvalue weighted by atomic mass is 19.3. The maximum absolute atomic E-state index is 14.7. The predicted molar refractivity (Wildman–Crippen MR) is 130 cm³/mol. The van der Waals surface area contributed by atoms with Crippen LogP contribution in [0.25, 0.3) is 16.8 Å². The van der Waals surface area contributed by atoms with E-state index in [0.29, 0.717) is 16.8 Å². The first-order valence-electron chi connectivity index (χ1n) is 11.5. The summed E-state index contributed by atoms with van der Waals surface area (Å²) in [5.41, 5.74) is 7.30. The molecule has 5 rings (SSSR count). The zero-order valence-electron chi connectivity index (χ0n) is 20.1. The predicted octanol–water partition coefficient (Wildman–Crippen LogP) is 2.93. The zero-order valence-corrected chi connectivity index (χ0v) is 20.1. The summed E-state index contributed by atoms with van der Waals surface area (Å²) in [4.78, 5) is 35.3. The van der Waals surface area contributed by atoms with Crippen molar-refractivity contribution in [3.05, 3.63) is 71.3 Å². The number of ether oxygens (including phenoxy) is 1. The molecule has 3 N–H and O–H groups in total. The first-order chi connectivity index (χ1) is 18.1. The summed E-state index contributed by atoms with van der Waals surface area (Å²) in [6.07, 6.45) is 2.70. The number of alkyl halides is 2. The molecule has 2 amide bonds. The zero-order chi connectivity index (χ0) is 27.0. The van der Waals surface area contributed by atoms with Gasteiger partial charge in [0.2, 0.25) is 11.8 Å². The van der Waals surface area contributed by atoms with Crippen LogP contribution in [0.2, 0.25) is 0 Å². The summed E-state index contributed by atoms with van der Waals surface area (Å²) < 4.78 is 48.7. The van der Waals surface area contributed by atoms with Crippen molar-refractivity contribution in [2.75, 3.05) is 25.9 Å². The van der Waals surface area contributed by atoms with Crippen LogP contribution in [0.5, 0.6) is 5.88 Å². The fourth-order valence-corrected chi connectivity index (χ4v) is 4.31. The highest BCUT2D eigenvalue weighted by molar-refractivity contribution is 5.98. The number of carbonyl (C=O) groups excluding carboxylic acids is 2. The highest BCUT2D eigenvalue weighted by Crippen LogP contribution is 2.29. The number of rotatable bonds is 6. The average Bonchev–Trinajstić information content (AvgIpc) is 3.46. The molecule has 0 spiro atoms. The molecule has 4 aromatic rings. The van der Waals surface area contributed by atoms with Crippen molar-refractivity contribution in [1.82, 2.24) is 29.8 Å². The minimum absolute atomic E-state index is 0.0499. The third-order valence-electron chi connectivity index (χ3n) is 6.19. The molecule has 10 nitrogen and oxygen atoms in total. The van der Waals surface area contributed by atoms with Crippen LogP contribution in [-0.4, -0.2) is 62.4 Å². The summed E-state index contributed by atoms with van der Waals surface area (Å²) in [6.45, 7) is -1.20. The summed E-state index contributed by atoms with van der Waals surface area (Å²) in [7, 11) is 1.36. The lowest BCUT2D eigenvalue weighted by Gasteiger charge is -2.19. The van der Waals surface area contributed by atoms with Crippen LogP contribution in [-0.2, 0) is 6.54 Å². The molecule has 1 aliphatic rings. The van der Waals surface area contributed by atoms with Gasteiger partial charge in [0.05, 0.1) is 19.2 Å². The number of nitrogens with two attached hydrogens (primary N) is 1. The molecule has 38 heavy (non-hydrogen) atoms. The molecule has 0 saturated carbocycles. The lowest BCUT2D eigenvalue weighted by Crippen LogP contribution is -2.33. The topological polar surface area (TPSA) is 128 Å². The molecule has 13 heteroatoms. The van der Waals surface area contributed by atoms with Gasteiger partial charge in [0.15, 0.2) is 5.65 Å². The number of hydrogen-bond donors (Lipinski definition) is 2. The molecule has 4 heterocycles. The lowest BCUT2D eigenvalue weighted by molar-refractivity contribution is 0.0119. The maximum atomic E-state index is 14.7. The van der Waals surface area contributed by atoms with Crippen LogP contribution in [0.3, 0.4) is 0 Å². The van der Waals surface area contributed by atoms with Crippen LogP contribution in [0, 0.1) is 5.82 Å². The van der Waals surface area contributed by atoms with Gasteiger partial charge in [-0.25, -0.2) is 22.7 Å². The molecule has 1 fully saturated rings. The smallest absolute Gasteiger partial charge is 0.267 e. The van der Waals surface area contributed by atoms with E-state index < -0.39 is 36.5 Å². The number of amides is 2. The molecule has 1 aromatic carbocycles. The molecule has 0 atom stereocenters. The molecule has 0 radical (unpaired) electrons.